The van der Waals surface area contributed by atoms with Gasteiger partial charge in [0.2, 0.25) is 0 Å². The lowest BCUT2D eigenvalue weighted by atomic mass is 9.74. The Balaban J connectivity index is 0.000000271. The molecule has 0 atom stereocenters. The highest BCUT2D eigenvalue weighted by atomic mass is 19.4. The molecule has 0 amide bonds. The average Bonchev–Trinajstić information content (AvgIpc) is 3.17. The van der Waals surface area contributed by atoms with Gasteiger partial charge < -0.3 is 15.1 Å². The van der Waals surface area contributed by atoms with E-state index in [-0.39, 0.29) is 0 Å². The Morgan fingerprint density at radius 2 is 1.39 bits per heavy atom. The summed E-state index contributed by atoms with van der Waals surface area (Å²) in [5, 5.41) is 14.2. The van der Waals surface area contributed by atoms with Crippen LogP contribution in [0, 0.1) is 0 Å². The maximum Gasteiger partial charge on any atom is 0.490 e. The molecule has 4 rings (SSSR count). The Morgan fingerprint density at radius 1 is 0.889 bits per heavy atom. The van der Waals surface area contributed by atoms with Crippen LogP contribution in [-0.2, 0) is 21.4 Å². The van der Waals surface area contributed by atoms with E-state index in [1.807, 2.05) is 12.4 Å². The molecule has 1 aromatic heterocycles. The maximum atomic E-state index is 10.6. The summed E-state index contributed by atoms with van der Waals surface area (Å²) in [5.41, 5.74) is 4.67. The fourth-order valence-electron chi connectivity index (χ4n) is 3.88. The number of carbonyl (C=O) groups is 2. The van der Waals surface area contributed by atoms with E-state index >= 15 is 0 Å². The van der Waals surface area contributed by atoms with Crippen molar-refractivity contribution in [3.63, 3.8) is 0 Å². The first-order valence-corrected chi connectivity index (χ1v) is 10.7. The molecule has 2 heterocycles. The molecule has 2 N–H and O–H groups in total. The second-order valence-electron chi connectivity index (χ2n) is 8.13. The van der Waals surface area contributed by atoms with Crippen LogP contribution in [0.15, 0.2) is 54.9 Å². The third-order valence-electron chi connectivity index (χ3n) is 5.78. The molecular weight excluding hydrogens is 494 g/mol. The summed E-state index contributed by atoms with van der Waals surface area (Å²) in [7, 11) is 0. The van der Waals surface area contributed by atoms with Crippen molar-refractivity contribution in [2.24, 2.45) is 0 Å². The second kappa shape index (κ2) is 12.0. The van der Waals surface area contributed by atoms with Gasteiger partial charge in [-0.05, 0) is 61.2 Å². The van der Waals surface area contributed by atoms with Crippen molar-refractivity contribution in [3.8, 4) is 0 Å². The summed E-state index contributed by atoms with van der Waals surface area (Å²) in [6.07, 6.45) is 2.01. The van der Waals surface area contributed by atoms with Crippen molar-refractivity contribution in [2.75, 3.05) is 19.6 Å². The summed E-state index contributed by atoms with van der Waals surface area (Å²) in [6, 6.07) is 13.1. The zero-order valence-electron chi connectivity index (χ0n) is 18.9. The van der Waals surface area contributed by atoms with Crippen LogP contribution in [0.25, 0.3) is 6.08 Å². The smallest absolute Gasteiger partial charge is 0.475 e. The third kappa shape index (κ3) is 8.36. The number of allylic oxidation sites excluding steroid dienone is 1. The molecule has 0 saturated carbocycles. The lowest BCUT2D eigenvalue weighted by Gasteiger charge is -2.39. The number of alkyl halides is 6. The Kier molecular flexibility index (Phi) is 9.62. The molecule has 0 radical (unpaired) electrons. The predicted molar refractivity (Wildman–Crippen MR) is 118 cm³/mol. The van der Waals surface area contributed by atoms with Crippen LogP contribution in [0.5, 0.6) is 0 Å². The number of halogens is 6. The van der Waals surface area contributed by atoms with E-state index in [1.165, 1.54) is 37.1 Å². The highest BCUT2D eigenvalue weighted by molar-refractivity contribution is 5.73. The van der Waals surface area contributed by atoms with E-state index in [1.54, 1.807) is 5.56 Å². The number of hydrogen-bond donors (Lipinski definition) is 2. The SMILES string of the molecule is C1=CC2(CCN(CCc3ccncc3)CC2)c2ccccc21.O=C(O)C(F)(F)F.O=C(O)C(F)(F)F. The monoisotopic (exact) mass is 518 g/mol. The van der Waals surface area contributed by atoms with Crippen molar-refractivity contribution in [3.05, 3.63) is 71.6 Å². The molecule has 196 valence electrons. The highest BCUT2D eigenvalue weighted by Gasteiger charge is 2.39. The molecule has 12 heteroatoms. The number of aliphatic carboxylic acids is 2. The normalized spacial score (nSPS) is 16.3. The fraction of sp³-hybridized carbons (Fsp3) is 0.375. The van der Waals surface area contributed by atoms with Crippen LogP contribution in [-0.4, -0.2) is 64.0 Å². The summed E-state index contributed by atoms with van der Waals surface area (Å²) in [5.74, 6) is -5.51. The largest absolute Gasteiger partial charge is 0.490 e. The van der Waals surface area contributed by atoms with Gasteiger partial charge in [0.1, 0.15) is 0 Å². The Bertz CT molecular complexity index is 1020. The van der Waals surface area contributed by atoms with Gasteiger partial charge in [0, 0.05) is 24.4 Å². The molecule has 1 fully saturated rings. The Labute approximate surface area is 202 Å². The van der Waals surface area contributed by atoms with Crippen molar-refractivity contribution < 1.29 is 46.1 Å². The van der Waals surface area contributed by atoms with Gasteiger partial charge in [-0.1, -0.05) is 36.4 Å². The Morgan fingerprint density at radius 3 is 1.89 bits per heavy atom. The minimum Gasteiger partial charge on any atom is -0.475 e. The highest BCUT2D eigenvalue weighted by Crippen LogP contribution is 2.43. The minimum absolute atomic E-state index is 0.309. The van der Waals surface area contributed by atoms with Crippen molar-refractivity contribution in [1.82, 2.24) is 9.88 Å². The fourth-order valence-corrected chi connectivity index (χ4v) is 3.88. The molecule has 2 aromatic rings. The van der Waals surface area contributed by atoms with Gasteiger partial charge in [-0.25, -0.2) is 9.59 Å². The lowest BCUT2D eigenvalue weighted by molar-refractivity contribution is -0.193. The van der Waals surface area contributed by atoms with Crippen LogP contribution in [0.3, 0.4) is 0 Å². The van der Waals surface area contributed by atoms with Crippen molar-refractivity contribution in [2.45, 2.75) is 37.0 Å². The van der Waals surface area contributed by atoms with Gasteiger partial charge in [-0.15, -0.1) is 0 Å². The van der Waals surface area contributed by atoms with E-state index in [2.05, 4.69) is 58.4 Å². The first kappa shape index (κ1) is 28.8. The van der Waals surface area contributed by atoms with E-state index in [9.17, 15) is 26.3 Å². The lowest BCUT2D eigenvalue weighted by Crippen LogP contribution is -2.41. The first-order valence-electron chi connectivity index (χ1n) is 10.7. The second-order valence-corrected chi connectivity index (χ2v) is 8.13. The van der Waals surface area contributed by atoms with E-state index < -0.39 is 24.3 Å². The molecular formula is C24H24F6N2O4. The number of hydrogen-bond acceptors (Lipinski definition) is 4. The van der Waals surface area contributed by atoms with Gasteiger partial charge >= 0.3 is 24.3 Å². The van der Waals surface area contributed by atoms with Crippen LogP contribution in [0.4, 0.5) is 26.3 Å². The van der Waals surface area contributed by atoms with Gasteiger partial charge in [-0.2, -0.15) is 26.3 Å². The summed E-state index contributed by atoms with van der Waals surface area (Å²) >= 11 is 0. The zero-order valence-corrected chi connectivity index (χ0v) is 18.9. The number of rotatable bonds is 3. The van der Waals surface area contributed by atoms with E-state index in [0.717, 1.165) is 13.0 Å². The molecule has 1 aromatic carbocycles. The number of carboxylic acids is 2. The quantitative estimate of drug-likeness (QED) is 0.559. The molecule has 1 aliphatic carbocycles. The summed E-state index contributed by atoms with van der Waals surface area (Å²) < 4.78 is 63.5. The Hall–Kier alpha value is -3.41. The first-order chi connectivity index (χ1) is 16.7. The topological polar surface area (TPSA) is 90.7 Å². The van der Waals surface area contributed by atoms with Crippen molar-refractivity contribution >= 4 is 18.0 Å². The number of carboxylic acid groups (broad SMARTS) is 2. The van der Waals surface area contributed by atoms with Gasteiger partial charge in [0.05, 0.1) is 0 Å². The third-order valence-corrected chi connectivity index (χ3v) is 5.78. The number of likely N-dealkylation sites (tertiary alicyclic amines) is 1. The van der Waals surface area contributed by atoms with E-state index in [0.29, 0.717) is 5.41 Å². The molecule has 2 aliphatic rings. The molecule has 0 bridgehead atoms. The van der Waals surface area contributed by atoms with Gasteiger partial charge in [0.15, 0.2) is 0 Å². The molecule has 1 spiro atoms. The van der Waals surface area contributed by atoms with E-state index in [4.69, 9.17) is 19.8 Å². The minimum atomic E-state index is -5.08. The average molecular weight is 518 g/mol. The zero-order chi connectivity index (χ0) is 27.0. The molecule has 1 aliphatic heterocycles. The molecule has 0 unspecified atom stereocenters. The van der Waals surface area contributed by atoms with Crippen LogP contribution >= 0.6 is 0 Å². The number of piperidine rings is 1. The molecule has 1 saturated heterocycles. The number of fused-ring (bicyclic) bond motifs is 2. The standard InChI is InChI=1S/C20H22N2.2C2HF3O2/c1-2-4-19-18(3-1)5-9-20(19)10-15-22(16-11-20)14-8-17-6-12-21-13-7-17;2*3-2(4,5)1(6)7/h1-7,9,12-13H,8,10-11,14-16H2;2*(H,6,7). The number of nitrogens with zero attached hydrogens (tertiary/aromatic N) is 2. The predicted octanol–water partition coefficient (Wildman–Crippen LogP) is 4.95. The van der Waals surface area contributed by atoms with Crippen LogP contribution in [0.1, 0.15) is 29.5 Å². The van der Waals surface area contributed by atoms with Crippen molar-refractivity contribution in [1.29, 1.82) is 0 Å². The van der Waals surface area contributed by atoms with Gasteiger partial charge in [-0.3, -0.25) is 4.98 Å². The molecule has 36 heavy (non-hydrogen) atoms. The number of pyridine rings is 1. The van der Waals surface area contributed by atoms with Crippen LogP contribution < -0.4 is 0 Å². The summed E-state index contributed by atoms with van der Waals surface area (Å²) in [6.45, 7) is 3.55. The summed E-state index contributed by atoms with van der Waals surface area (Å²) in [4.78, 5) is 24.5. The molecule has 6 nitrogen and oxygen atoms in total. The van der Waals surface area contributed by atoms with Gasteiger partial charge in [0.25, 0.3) is 0 Å². The number of aromatic nitrogens is 1. The van der Waals surface area contributed by atoms with Crippen LogP contribution in [0.2, 0.25) is 0 Å². The maximum absolute atomic E-state index is 10.6. The number of benzene rings is 1.